The maximum Gasteiger partial charge on any atom is 0.171 e. The third kappa shape index (κ3) is 4.51. The number of rotatable bonds is 7. The molecule has 0 unspecified atom stereocenters. The first-order valence-electron chi connectivity index (χ1n) is 7.94. The molecule has 4 heteroatoms. The zero-order valence-corrected chi connectivity index (χ0v) is 14.7. The summed E-state index contributed by atoms with van der Waals surface area (Å²) in [5.74, 6) is 1.78. The third-order valence-electron chi connectivity index (χ3n) is 3.68. The second-order valence-electron chi connectivity index (χ2n) is 6.47. The number of para-hydroxylation sites is 1. The zero-order valence-electron chi connectivity index (χ0n) is 14.7. The Morgan fingerprint density at radius 2 is 1.62 bits per heavy atom. The number of carbonyl (C=O) groups excluding carboxylic acids is 1. The average molecular weight is 328 g/mol. The Balaban J connectivity index is 1.91. The quantitative estimate of drug-likeness (QED) is 0.562. The number of hydrogen-bond donors (Lipinski definition) is 0. The third-order valence-corrected chi connectivity index (χ3v) is 3.68. The minimum absolute atomic E-state index is 0.122. The van der Waals surface area contributed by atoms with Gasteiger partial charge in [0.1, 0.15) is 19.0 Å². The molecule has 0 atom stereocenters. The SMILES string of the molecule is COc1cccc(C=O)c1OCCOc1ccc(C(C)(C)C)cc1. The summed E-state index contributed by atoms with van der Waals surface area (Å²) in [6.45, 7) is 7.23. The Morgan fingerprint density at radius 1 is 0.958 bits per heavy atom. The first-order valence-corrected chi connectivity index (χ1v) is 7.94. The fourth-order valence-corrected chi connectivity index (χ4v) is 2.30. The number of benzene rings is 2. The van der Waals surface area contributed by atoms with Gasteiger partial charge in [0.05, 0.1) is 12.7 Å². The van der Waals surface area contributed by atoms with Crippen LogP contribution in [0.4, 0.5) is 0 Å². The number of aldehydes is 1. The molecule has 0 aliphatic rings. The summed E-state index contributed by atoms with van der Waals surface area (Å²) in [4.78, 5) is 11.1. The van der Waals surface area contributed by atoms with Crippen molar-refractivity contribution >= 4 is 6.29 Å². The average Bonchev–Trinajstić information content (AvgIpc) is 2.58. The van der Waals surface area contributed by atoms with Crippen molar-refractivity contribution in [3.05, 3.63) is 53.6 Å². The molecule has 0 radical (unpaired) electrons. The topological polar surface area (TPSA) is 44.8 Å². The summed E-state index contributed by atoms with van der Waals surface area (Å²) in [7, 11) is 1.55. The minimum atomic E-state index is 0.122. The number of methoxy groups -OCH3 is 1. The largest absolute Gasteiger partial charge is 0.493 e. The molecule has 0 aliphatic heterocycles. The predicted molar refractivity (Wildman–Crippen MR) is 94.5 cm³/mol. The molecule has 0 bridgehead atoms. The Hall–Kier alpha value is -2.49. The summed E-state index contributed by atoms with van der Waals surface area (Å²) < 4.78 is 16.6. The molecule has 0 amide bonds. The van der Waals surface area contributed by atoms with Crippen molar-refractivity contribution in [2.75, 3.05) is 20.3 Å². The molecule has 2 aromatic rings. The van der Waals surface area contributed by atoms with E-state index < -0.39 is 0 Å². The fraction of sp³-hybridized carbons (Fsp3) is 0.350. The van der Waals surface area contributed by atoms with Gasteiger partial charge in [-0.25, -0.2) is 0 Å². The lowest BCUT2D eigenvalue weighted by atomic mass is 9.87. The van der Waals surface area contributed by atoms with Gasteiger partial charge in [-0.1, -0.05) is 39.0 Å². The van der Waals surface area contributed by atoms with Crippen LogP contribution >= 0.6 is 0 Å². The van der Waals surface area contributed by atoms with Gasteiger partial charge < -0.3 is 14.2 Å². The number of ether oxygens (including phenoxy) is 3. The van der Waals surface area contributed by atoms with Crippen molar-refractivity contribution in [2.45, 2.75) is 26.2 Å². The van der Waals surface area contributed by atoms with Gasteiger partial charge in [0.2, 0.25) is 0 Å². The fourth-order valence-electron chi connectivity index (χ4n) is 2.30. The van der Waals surface area contributed by atoms with Gasteiger partial charge in [0.25, 0.3) is 0 Å². The second kappa shape index (κ2) is 7.86. The zero-order chi connectivity index (χ0) is 17.6. The van der Waals surface area contributed by atoms with E-state index in [1.165, 1.54) is 5.56 Å². The molecule has 0 heterocycles. The van der Waals surface area contributed by atoms with Crippen LogP contribution in [0, 0.1) is 0 Å². The highest BCUT2D eigenvalue weighted by molar-refractivity contribution is 5.81. The van der Waals surface area contributed by atoms with Gasteiger partial charge in [-0.2, -0.15) is 0 Å². The normalized spacial score (nSPS) is 11.0. The molecule has 0 fully saturated rings. The van der Waals surface area contributed by atoms with E-state index in [0.717, 1.165) is 12.0 Å². The van der Waals surface area contributed by atoms with E-state index in [1.54, 1.807) is 25.3 Å². The van der Waals surface area contributed by atoms with Crippen LogP contribution in [-0.4, -0.2) is 26.6 Å². The highest BCUT2D eigenvalue weighted by Gasteiger charge is 2.13. The Morgan fingerprint density at radius 3 is 2.21 bits per heavy atom. The van der Waals surface area contributed by atoms with Crippen LogP contribution in [0.2, 0.25) is 0 Å². The molecule has 4 nitrogen and oxygen atoms in total. The number of hydrogen-bond acceptors (Lipinski definition) is 4. The summed E-state index contributed by atoms with van der Waals surface area (Å²) in [6, 6.07) is 13.3. The van der Waals surface area contributed by atoms with Crippen molar-refractivity contribution in [1.82, 2.24) is 0 Å². The molecular weight excluding hydrogens is 304 g/mol. The smallest absolute Gasteiger partial charge is 0.171 e. The first-order chi connectivity index (χ1) is 11.5. The molecule has 0 spiro atoms. The van der Waals surface area contributed by atoms with Gasteiger partial charge in [0, 0.05) is 0 Å². The molecule has 2 aromatic carbocycles. The van der Waals surface area contributed by atoms with Gasteiger partial charge in [-0.15, -0.1) is 0 Å². The molecule has 2 rings (SSSR count). The summed E-state index contributed by atoms with van der Waals surface area (Å²) in [6.07, 6.45) is 0.754. The Bertz CT molecular complexity index is 669. The molecule has 0 saturated carbocycles. The van der Waals surface area contributed by atoms with E-state index in [1.807, 2.05) is 12.1 Å². The van der Waals surface area contributed by atoms with E-state index >= 15 is 0 Å². The maximum absolute atomic E-state index is 11.1. The number of carbonyl (C=O) groups is 1. The van der Waals surface area contributed by atoms with Crippen molar-refractivity contribution in [3.8, 4) is 17.2 Å². The van der Waals surface area contributed by atoms with Gasteiger partial charge in [0.15, 0.2) is 17.8 Å². The van der Waals surface area contributed by atoms with Crippen LogP contribution in [0.5, 0.6) is 17.2 Å². The first kappa shape index (κ1) is 17.9. The van der Waals surface area contributed by atoms with Crippen LogP contribution in [-0.2, 0) is 5.41 Å². The van der Waals surface area contributed by atoms with Gasteiger partial charge >= 0.3 is 0 Å². The van der Waals surface area contributed by atoms with Crippen LogP contribution < -0.4 is 14.2 Å². The van der Waals surface area contributed by atoms with Crippen molar-refractivity contribution in [3.63, 3.8) is 0 Å². The summed E-state index contributed by atoms with van der Waals surface area (Å²) in [5.41, 5.74) is 1.84. The lowest BCUT2D eigenvalue weighted by Crippen LogP contribution is -2.12. The Kier molecular flexibility index (Phi) is 5.85. The van der Waals surface area contributed by atoms with Crippen LogP contribution in [0.3, 0.4) is 0 Å². The van der Waals surface area contributed by atoms with Crippen molar-refractivity contribution < 1.29 is 19.0 Å². The van der Waals surface area contributed by atoms with Gasteiger partial charge in [-0.05, 0) is 35.2 Å². The molecular formula is C20H24O4. The van der Waals surface area contributed by atoms with Crippen molar-refractivity contribution in [2.24, 2.45) is 0 Å². The predicted octanol–water partition coefficient (Wildman–Crippen LogP) is 4.26. The molecule has 24 heavy (non-hydrogen) atoms. The molecule has 0 aliphatic carbocycles. The molecule has 0 N–H and O–H groups in total. The van der Waals surface area contributed by atoms with E-state index in [-0.39, 0.29) is 5.41 Å². The monoisotopic (exact) mass is 328 g/mol. The van der Waals surface area contributed by atoms with E-state index in [9.17, 15) is 4.79 Å². The minimum Gasteiger partial charge on any atom is -0.493 e. The van der Waals surface area contributed by atoms with E-state index in [0.29, 0.717) is 30.3 Å². The second-order valence-corrected chi connectivity index (χ2v) is 6.47. The molecule has 128 valence electrons. The van der Waals surface area contributed by atoms with Crippen molar-refractivity contribution in [1.29, 1.82) is 0 Å². The molecule has 0 saturated heterocycles. The Labute approximate surface area is 143 Å². The van der Waals surface area contributed by atoms with Gasteiger partial charge in [-0.3, -0.25) is 4.79 Å². The lowest BCUT2D eigenvalue weighted by molar-refractivity contribution is 0.111. The van der Waals surface area contributed by atoms with E-state index in [4.69, 9.17) is 14.2 Å². The van der Waals surface area contributed by atoms with E-state index in [2.05, 4.69) is 32.9 Å². The lowest BCUT2D eigenvalue weighted by Gasteiger charge is -2.19. The standard InChI is InChI=1S/C20H24O4/c1-20(2,3)16-8-10-17(11-9-16)23-12-13-24-19-15(14-21)6-5-7-18(19)22-4/h5-11,14H,12-13H2,1-4H3. The summed E-state index contributed by atoms with van der Waals surface area (Å²) >= 11 is 0. The van der Waals surface area contributed by atoms with Crippen LogP contribution in [0.25, 0.3) is 0 Å². The van der Waals surface area contributed by atoms with Crippen LogP contribution in [0.1, 0.15) is 36.7 Å². The summed E-state index contributed by atoms with van der Waals surface area (Å²) in [5, 5.41) is 0. The molecule has 0 aromatic heterocycles. The maximum atomic E-state index is 11.1. The van der Waals surface area contributed by atoms with Crippen LogP contribution in [0.15, 0.2) is 42.5 Å². The highest BCUT2D eigenvalue weighted by atomic mass is 16.5. The highest BCUT2D eigenvalue weighted by Crippen LogP contribution is 2.30.